The molecule has 3 nitrogen and oxygen atoms in total. The molecule has 0 unspecified atom stereocenters. The first-order valence-electron chi connectivity index (χ1n) is 5.48. The van der Waals surface area contributed by atoms with Gasteiger partial charge in [-0.05, 0) is 36.5 Å². The van der Waals surface area contributed by atoms with Crippen molar-refractivity contribution in [1.82, 2.24) is 5.32 Å². The largest absolute Gasteiger partial charge is 0.332 e. The molecule has 2 aromatic carbocycles. The van der Waals surface area contributed by atoms with E-state index in [0.717, 1.165) is 5.69 Å². The molecule has 0 fully saturated rings. The van der Waals surface area contributed by atoms with E-state index in [-0.39, 0.29) is 11.0 Å². The van der Waals surface area contributed by atoms with Gasteiger partial charge in [-0.25, -0.2) is 0 Å². The Balaban J connectivity index is 1.94. The molecule has 0 aliphatic carbocycles. The monoisotopic (exact) mass is 256 g/mol. The first-order valence-corrected chi connectivity index (χ1v) is 5.89. The standard InChI is InChI=1S/C14H12N2OS/c17-13(11-7-3-1-4-8-11)16-14(18)15-12-9-5-2-6-10-12/h1-10H,(H2,15,16,17,18). The number of para-hydroxylation sites is 1. The van der Waals surface area contributed by atoms with Crippen molar-refractivity contribution >= 4 is 28.9 Å². The van der Waals surface area contributed by atoms with E-state index in [1.54, 1.807) is 12.1 Å². The maximum Gasteiger partial charge on any atom is 0.257 e. The second kappa shape index (κ2) is 5.93. The molecule has 90 valence electrons. The smallest absolute Gasteiger partial charge is 0.257 e. The molecule has 0 saturated heterocycles. The summed E-state index contributed by atoms with van der Waals surface area (Å²) >= 11 is 5.07. The van der Waals surface area contributed by atoms with E-state index in [1.807, 2.05) is 48.5 Å². The van der Waals surface area contributed by atoms with Crippen molar-refractivity contribution < 1.29 is 4.79 Å². The second-order valence-corrected chi connectivity index (χ2v) is 4.05. The van der Waals surface area contributed by atoms with Crippen LogP contribution in [0, 0.1) is 0 Å². The molecule has 0 aliphatic rings. The Morgan fingerprint density at radius 3 is 2.06 bits per heavy atom. The maximum atomic E-state index is 11.8. The molecule has 0 saturated carbocycles. The molecule has 2 aromatic rings. The van der Waals surface area contributed by atoms with Crippen molar-refractivity contribution in [3.8, 4) is 0 Å². The summed E-state index contributed by atoms with van der Waals surface area (Å²) in [6, 6.07) is 18.4. The van der Waals surface area contributed by atoms with E-state index in [4.69, 9.17) is 12.2 Å². The fraction of sp³-hybridized carbons (Fsp3) is 0. The van der Waals surface area contributed by atoms with E-state index in [2.05, 4.69) is 10.6 Å². The Kier molecular flexibility index (Phi) is 4.04. The van der Waals surface area contributed by atoms with Gasteiger partial charge in [-0.1, -0.05) is 36.4 Å². The summed E-state index contributed by atoms with van der Waals surface area (Å²) in [7, 11) is 0. The zero-order valence-electron chi connectivity index (χ0n) is 9.59. The van der Waals surface area contributed by atoms with Gasteiger partial charge in [0.05, 0.1) is 0 Å². The summed E-state index contributed by atoms with van der Waals surface area (Å²) in [5, 5.41) is 5.86. The Hall–Kier alpha value is -2.20. The highest BCUT2D eigenvalue weighted by Gasteiger charge is 2.06. The van der Waals surface area contributed by atoms with Crippen LogP contribution in [0.5, 0.6) is 0 Å². The summed E-state index contributed by atoms with van der Waals surface area (Å²) < 4.78 is 0. The summed E-state index contributed by atoms with van der Waals surface area (Å²) in [5.41, 5.74) is 1.42. The topological polar surface area (TPSA) is 41.1 Å². The summed E-state index contributed by atoms with van der Waals surface area (Å²) in [5.74, 6) is -0.218. The van der Waals surface area contributed by atoms with Crippen LogP contribution in [0.25, 0.3) is 0 Å². The van der Waals surface area contributed by atoms with E-state index < -0.39 is 0 Å². The maximum absolute atomic E-state index is 11.8. The van der Waals surface area contributed by atoms with Gasteiger partial charge in [0.1, 0.15) is 0 Å². The highest BCUT2D eigenvalue weighted by Crippen LogP contribution is 2.05. The van der Waals surface area contributed by atoms with E-state index >= 15 is 0 Å². The third kappa shape index (κ3) is 3.40. The fourth-order valence-electron chi connectivity index (χ4n) is 1.45. The van der Waals surface area contributed by atoms with E-state index in [1.165, 1.54) is 0 Å². The second-order valence-electron chi connectivity index (χ2n) is 3.64. The molecule has 0 atom stereocenters. The van der Waals surface area contributed by atoms with E-state index in [9.17, 15) is 4.79 Å². The fourth-order valence-corrected chi connectivity index (χ4v) is 1.66. The molecule has 0 radical (unpaired) electrons. The highest BCUT2D eigenvalue weighted by atomic mass is 32.1. The lowest BCUT2D eigenvalue weighted by atomic mass is 10.2. The number of carbonyl (C=O) groups is 1. The van der Waals surface area contributed by atoms with Crippen LogP contribution in [0.3, 0.4) is 0 Å². The molecule has 2 rings (SSSR count). The minimum atomic E-state index is -0.218. The zero-order chi connectivity index (χ0) is 12.8. The normalized spacial score (nSPS) is 9.56. The number of anilines is 1. The molecule has 0 spiro atoms. The summed E-state index contributed by atoms with van der Waals surface area (Å²) in [6.07, 6.45) is 0. The van der Waals surface area contributed by atoms with Crippen LogP contribution in [-0.4, -0.2) is 11.0 Å². The third-order valence-corrected chi connectivity index (χ3v) is 2.50. The van der Waals surface area contributed by atoms with Crippen molar-refractivity contribution in [2.24, 2.45) is 0 Å². The van der Waals surface area contributed by atoms with Crippen LogP contribution >= 0.6 is 12.2 Å². The van der Waals surface area contributed by atoms with Gasteiger partial charge in [0.2, 0.25) is 0 Å². The Morgan fingerprint density at radius 1 is 0.889 bits per heavy atom. The Bertz CT molecular complexity index is 540. The van der Waals surface area contributed by atoms with Crippen LogP contribution in [-0.2, 0) is 0 Å². The lowest BCUT2D eigenvalue weighted by molar-refractivity contribution is 0.0978. The predicted molar refractivity (Wildman–Crippen MR) is 76.6 cm³/mol. The highest BCUT2D eigenvalue weighted by molar-refractivity contribution is 7.80. The van der Waals surface area contributed by atoms with Crippen LogP contribution in [0.4, 0.5) is 5.69 Å². The first kappa shape index (κ1) is 12.3. The van der Waals surface area contributed by atoms with Gasteiger partial charge in [0.15, 0.2) is 5.11 Å². The number of carbonyl (C=O) groups excluding carboxylic acids is 1. The summed E-state index contributed by atoms with van der Waals surface area (Å²) in [6.45, 7) is 0. The SMILES string of the molecule is O=C(NC(=S)Nc1ccccc1)c1ccccc1. The molecular weight excluding hydrogens is 244 g/mol. The first-order chi connectivity index (χ1) is 8.75. The van der Waals surface area contributed by atoms with E-state index in [0.29, 0.717) is 5.56 Å². The average Bonchev–Trinajstić information content (AvgIpc) is 2.40. The number of amides is 1. The van der Waals surface area contributed by atoms with Gasteiger partial charge in [-0.3, -0.25) is 10.1 Å². The zero-order valence-corrected chi connectivity index (χ0v) is 10.4. The predicted octanol–water partition coefficient (Wildman–Crippen LogP) is 2.81. The molecule has 18 heavy (non-hydrogen) atoms. The Morgan fingerprint density at radius 2 is 1.44 bits per heavy atom. The lowest BCUT2D eigenvalue weighted by Crippen LogP contribution is -2.34. The van der Waals surface area contributed by atoms with Gasteiger partial charge in [-0.15, -0.1) is 0 Å². The molecular formula is C14H12N2OS. The molecule has 0 bridgehead atoms. The average molecular weight is 256 g/mol. The number of hydrogen-bond acceptors (Lipinski definition) is 2. The minimum Gasteiger partial charge on any atom is -0.332 e. The van der Waals surface area contributed by atoms with Crippen molar-refractivity contribution in [2.45, 2.75) is 0 Å². The quantitative estimate of drug-likeness (QED) is 0.812. The number of benzene rings is 2. The van der Waals surface area contributed by atoms with Gasteiger partial charge >= 0.3 is 0 Å². The lowest BCUT2D eigenvalue weighted by Gasteiger charge is -2.09. The van der Waals surface area contributed by atoms with Gasteiger partial charge in [0, 0.05) is 11.3 Å². The van der Waals surface area contributed by atoms with Crippen LogP contribution in [0.1, 0.15) is 10.4 Å². The number of hydrogen-bond donors (Lipinski definition) is 2. The van der Waals surface area contributed by atoms with Crippen molar-refractivity contribution in [1.29, 1.82) is 0 Å². The molecule has 0 aliphatic heterocycles. The molecule has 4 heteroatoms. The van der Waals surface area contributed by atoms with Crippen molar-refractivity contribution in [3.63, 3.8) is 0 Å². The van der Waals surface area contributed by atoms with Gasteiger partial charge in [-0.2, -0.15) is 0 Å². The number of rotatable bonds is 2. The molecule has 2 N–H and O–H groups in total. The summed E-state index contributed by atoms with van der Waals surface area (Å²) in [4.78, 5) is 11.8. The number of thiocarbonyl (C=S) groups is 1. The minimum absolute atomic E-state index is 0.218. The Labute approximate surface area is 111 Å². The van der Waals surface area contributed by atoms with Gasteiger partial charge in [0.25, 0.3) is 5.91 Å². The van der Waals surface area contributed by atoms with Crippen LogP contribution < -0.4 is 10.6 Å². The van der Waals surface area contributed by atoms with Crippen LogP contribution in [0.2, 0.25) is 0 Å². The van der Waals surface area contributed by atoms with Gasteiger partial charge < -0.3 is 5.32 Å². The van der Waals surface area contributed by atoms with Crippen molar-refractivity contribution in [2.75, 3.05) is 5.32 Å². The molecule has 0 aromatic heterocycles. The molecule has 0 heterocycles. The van der Waals surface area contributed by atoms with Crippen molar-refractivity contribution in [3.05, 3.63) is 66.2 Å². The van der Waals surface area contributed by atoms with Crippen LogP contribution in [0.15, 0.2) is 60.7 Å². The molecule has 1 amide bonds. The third-order valence-electron chi connectivity index (χ3n) is 2.29. The number of nitrogens with one attached hydrogen (secondary N) is 2.